The van der Waals surface area contributed by atoms with E-state index in [4.69, 9.17) is 4.42 Å². The average molecular weight is 264 g/mol. The lowest BCUT2D eigenvalue weighted by molar-refractivity contribution is -0.120. The van der Waals surface area contributed by atoms with Crippen LogP contribution in [-0.2, 0) is 11.3 Å². The van der Waals surface area contributed by atoms with Crippen molar-refractivity contribution in [1.82, 2.24) is 16.1 Å². The number of furan rings is 1. The molecule has 7 nitrogen and oxygen atoms in total. The Morgan fingerprint density at radius 3 is 2.95 bits per heavy atom. The van der Waals surface area contributed by atoms with E-state index in [1.807, 2.05) is 6.92 Å². The standard InChI is InChI=1S/C12H16N4O3/c1-2-3-6-15-16-11(17)9-14-12(18)13-8-10-5-4-7-19-10/h2-7H,8-9H2,1H3,(H,16,17)(H2,13,14,18). The van der Waals surface area contributed by atoms with Gasteiger partial charge in [-0.1, -0.05) is 6.08 Å². The van der Waals surface area contributed by atoms with Gasteiger partial charge >= 0.3 is 6.03 Å². The van der Waals surface area contributed by atoms with Crippen LogP contribution < -0.4 is 16.1 Å². The van der Waals surface area contributed by atoms with Crippen molar-refractivity contribution in [3.05, 3.63) is 36.3 Å². The largest absolute Gasteiger partial charge is 0.467 e. The van der Waals surface area contributed by atoms with E-state index in [1.165, 1.54) is 12.5 Å². The Hall–Kier alpha value is -2.57. The van der Waals surface area contributed by atoms with Crippen molar-refractivity contribution >= 4 is 18.2 Å². The first-order valence-electron chi connectivity index (χ1n) is 5.69. The molecule has 0 spiro atoms. The van der Waals surface area contributed by atoms with Gasteiger partial charge in [0.25, 0.3) is 5.91 Å². The molecule has 1 aromatic rings. The van der Waals surface area contributed by atoms with Crippen molar-refractivity contribution in [3.8, 4) is 0 Å². The summed E-state index contributed by atoms with van der Waals surface area (Å²) in [6, 6.07) is 3.01. The molecule has 1 aromatic heterocycles. The number of hydrogen-bond acceptors (Lipinski definition) is 4. The Bertz CT molecular complexity index is 452. The van der Waals surface area contributed by atoms with E-state index in [1.54, 1.807) is 24.3 Å². The normalized spacial score (nSPS) is 10.8. The van der Waals surface area contributed by atoms with E-state index in [0.717, 1.165) is 0 Å². The van der Waals surface area contributed by atoms with Gasteiger partial charge in [-0.05, 0) is 25.1 Å². The van der Waals surface area contributed by atoms with Gasteiger partial charge in [-0.2, -0.15) is 5.10 Å². The van der Waals surface area contributed by atoms with Gasteiger partial charge in [-0.25, -0.2) is 10.2 Å². The molecule has 0 aliphatic heterocycles. The summed E-state index contributed by atoms with van der Waals surface area (Å²) >= 11 is 0. The molecular weight excluding hydrogens is 248 g/mol. The third kappa shape index (κ3) is 6.67. The molecule has 0 atom stereocenters. The molecule has 3 N–H and O–H groups in total. The highest BCUT2D eigenvalue weighted by Gasteiger charge is 2.04. The van der Waals surface area contributed by atoms with E-state index in [2.05, 4.69) is 21.2 Å². The predicted octanol–water partition coefficient (Wildman–Crippen LogP) is 0.757. The SMILES string of the molecule is CC=CC=NNC(=O)CNC(=O)NCc1ccco1. The summed E-state index contributed by atoms with van der Waals surface area (Å²) in [5, 5.41) is 8.56. The highest BCUT2D eigenvalue weighted by atomic mass is 16.3. The summed E-state index contributed by atoms with van der Waals surface area (Å²) in [5.41, 5.74) is 2.26. The number of carbonyl (C=O) groups excluding carboxylic acids is 2. The molecule has 0 unspecified atom stereocenters. The van der Waals surface area contributed by atoms with Crippen molar-refractivity contribution in [2.75, 3.05) is 6.54 Å². The van der Waals surface area contributed by atoms with Gasteiger partial charge in [0.1, 0.15) is 12.3 Å². The number of allylic oxidation sites excluding steroid dienone is 2. The summed E-state index contributed by atoms with van der Waals surface area (Å²) in [7, 11) is 0. The fraction of sp³-hybridized carbons (Fsp3) is 0.250. The van der Waals surface area contributed by atoms with Gasteiger partial charge in [-0.3, -0.25) is 4.79 Å². The van der Waals surface area contributed by atoms with E-state index in [0.29, 0.717) is 5.76 Å². The van der Waals surface area contributed by atoms with Gasteiger partial charge in [-0.15, -0.1) is 0 Å². The lowest BCUT2D eigenvalue weighted by atomic mass is 10.4. The van der Waals surface area contributed by atoms with Crippen LogP contribution in [0.5, 0.6) is 0 Å². The monoisotopic (exact) mass is 264 g/mol. The Morgan fingerprint density at radius 2 is 2.26 bits per heavy atom. The van der Waals surface area contributed by atoms with Crippen molar-refractivity contribution < 1.29 is 14.0 Å². The highest BCUT2D eigenvalue weighted by Crippen LogP contribution is 1.97. The Kier molecular flexibility index (Phi) is 6.49. The van der Waals surface area contributed by atoms with Gasteiger partial charge in [0.15, 0.2) is 0 Å². The van der Waals surface area contributed by atoms with Crippen LogP contribution in [-0.4, -0.2) is 24.7 Å². The molecule has 7 heteroatoms. The molecule has 0 aliphatic rings. The van der Waals surface area contributed by atoms with Gasteiger partial charge < -0.3 is 15.1 Å². The number of rotatable bonds is 6. The zero-order valence-electron chi connectivity index (χ0n) is 10.6. The topological polar surface area (TPSA) is 95.7 Å². The van der Waals surface area contributed by atoms with Gasteiger partial charge in [0.2, 0.25) is 0 Å². The highest BCUT2D eigenvalue weighted by molar-refractivity contribution is 5.84. The maximum absolute atomic E-state index is 11.3. The third-order valence-electron chi connectivity index (χ3n) is 1.96. The lowest BCUT2D eigenvalue weighted by Crippen LogP contribution is -2.40. The molecule has 0 aliphatic carbocycles. The number of carbonyl (C=O) groups is 2. The second-order valence-electron chi connectivity index (χ2n) is 3.45. The summed E-state index contributed by atoms with van der Waals surface area (Å²) < 4.78 is 5.04. The minimum absolute atomic E-state index is 0.156. The van der Waals surface area contributed by atoms with Crippen LogP contribution in [0, 0.1) is 0 Å². The average Bonchev–Trinajstić information content (AvgIpc) is 2.92. The van der Waals surface area contributed by atoms with Crippen LogP contribution in [0.4, 0.5) is 4.79 Å². The molecule has 0 aromatic carbocycles. The van der Waals surface area contributed by atoms with Crippen LogP contribution in [0.3, 0.4) is 0 Å². The first kappa shape index (κ1) is 14.5. The summed E-state index contributed by atoms with van der Waals surface area (Å²) in [5.74, 6) is 0.226. The lowest BCUT2D eigenvalue weighted by Gasteiger charge is -2.05. The molecule has 1 heterocycles. The zero-order valence-corrected chi connectivity index (χ0v) is 10.6. The third-order valence-corrected chi connectivity index (χ3v) is 1.96. The molecule has 0 fully saturated rings. The summed E-state index contributed by atoms with van der Waals surface area (Å²) in [6.45, 7) is 1.94. The molecule has 0 saturated heterocycles. The van der Waals surface area contributed by atoms with Gasteiger partial charge in [0, 0.05) is 6.21 Å². The van der Waals surface area contributed by atoms with Crippen LogP contribution in [0.15, 0.2) is 40.1 Å². The maximum Gasteiger partial charge on any atom is 0.315 e. The number of amides is 3. The first-order valence-corrected chi connectivity index (χ1v) is 5.69. The molecule has 0 bridgehead atoms. The minimum atomic E-state index is -0.455. The summed E-state index contributed by atoms with van der Waals surface area (Å²) in [4.78, 5) is 22.6. The minimum Gasteiger partial charge on any atom is -0.467 e. The van der Waals surface area contributed by atoms with E-state index < -0.39 is 11.9 Å². The second-order valence-corrected chi connectivity index (χ2v) is 3.45. The summed E-state index contributed by atoms with van der Waals surface area (Å²) in [6.07, 6.45) is 6.40. The van der Waals surface area contributed by atoms with Gasteiger partial charge in [0.05, 0.1) is 12.8 Å². The Morgan fingerprint density at radius 1 is 1.42 bits per heavy atom. The molecule has 0 radical (unpaired) electrons. The smallest absolute Gasteiger partial charge is 0.315 e. The quantitative estimate of drug-likeness (QED) is 0.522. The molecule has 3 amide bonds. The van der Waals surface area contributed by atoms with Crippen molar-refractivity contribution in [2.45, 2.75) is 13.5 Å². The molecule has 0 saturated carbocycles. The maximum atomic E-state index is 11.3. The number of nitrogens with zero attached hydrogens (tertiary/aromatic N) is 1. The molecule has 1 rings (SSSR count). The molecule has 102 valence electrons. The molecular formula is C12H16N4O3. The number of nitrogens with one attached hydrogen (secondary N) is 3. The fourth-order valence-corrected chi connectivity index (χ4v) is 1.08. The van der Waals surface area contributed by atoms with E-state index in [9.17, 15) is 9.59 Å². The van der Waals surface area contributed by atoms with Crippen LogP contribution in [0.25, 0.3) is 0 Å². The van der Waals surface area contributed by atoms with Crippen LogP contribution >= 0.6 is 0 Å². The number of hydrogen-bond donors (Lipinski definition) is 3. The van der Waals surface area contributed by atoms with Crippen molar-refractivity contribution in [3.63, 3.8) is 0 Å². The van der Waals surface area contributed by atoms with Crippen LogP contribution in [0.2, 0.25) is 0 Å². The Balaban J connectivity index is 2.13. The first-order chi connectivity index (χ1) is 9.22. The van der Waals surface area contributed by atoms with Crippen molar-refractivity contribution in [1.29, 1.82) is 0 Å². The molecule has 19 heavy (non-hydrogen) atoms. The fourth-order valence-electron chi connectivity index (χ4n) is 1.08. The van der Waals surface area contributed by atoms with Crippen molar-refractivity contribution in [2.24, 2.45) is 5.10 Å². The predicted molar refractivity (Wildman–Crippen MR) is 70.4 cm³/mol. The Labute approximate surface area is 110 Å². The zero-order chi connectivity index (χ0) is 13.9. The van der Waals surface area contributed by atoms with E-state index in [-0.39, 0.29) is 13.1 Å². The second kappa shape index (κ2) is 8.51. The number of urea groups is 1. The number of hydrazone groups is 1. The van der Waals surface area contributed by atoms with Crippen LogP contribution in [0.1, 0.15) is 12.7 Å². The van der Waals surface area contributed by atoms with E-state index >= 15 is 0 Å².